The average Bonchev–Trinajstić information content (AvgIpc) is 2.89. The first-order valence-corrected chi connectivity index (χ1v) is 7.87. The van der Waals surface area contributed by atoms with E-state index in [4.69, 9.17) is 4.74 Å². The molecule has 1 fully saturated rings. The fourth-order valence-corrected chi connectivity index (χ4v) is 3.75. The van der Waals surface area contributed by atoms with Gasteiger partial charge in [0.05, 0.1) is 6.10 Å². The topological polar surface area (TPSA) is 21.3 Å². The summed E-state index contributed by atoms with van der Waals surface area (Å²) in [6.45, 7) is 12.1. The van der Waals surface area contributed by atoms with Crippen molar-refractivity contribution in [1.29, 1.82) is 0 Å². The number of ether oxygens (including phenoxy) is 1. The van der Waals surface area contributed by atoms with Crippen LogP contribution in [0.2, 0.25) is 0 Å². The summed E-state index contributed by atoms with van der Waals surface area (Å²) in [5.74, 6) is 0.587. The maximum Gasteiger partial charge on any atom is 0.0619 e. The maximum atomic E-state index is 5.92. The van der Waals surface area contributed by atoms with Crippen LogP contribution in [-0.2, 0) is 4.74 Å². The molecule has 1 aliphatic heterocycles. The summed E-state index contributed by atoms with van der Waals surface area (Å²) in [5.41, 5.74) is 7.17. The Morgan fingerprint density at radius 2 is 1.80 bits per heavy atom. The van der Waals surface area contributed by atoms with E-state index in [1.54, 1.807) is 0 Å². The highest BCUT2D eigenvalue weighted by Crippen LogP contribution is 2.38. The Balaban J connectivity index is 2.47. The summed E-state index contributed by atoms with van der Waals surface area (Å²) in [5, 5.41) is 3.58. The first-order chi connectivity index (χ1) is 9.51. The number of rotatable bonds is 4. The summed E-state index contributed by atoms with van der Waals surface area (Å²) in [6, 6.07) is 2.71. The molecule has 0 radical (unpaired) electrons. The summed E-state index contributed by atoms with van der Waals surface area (Å²) in [4.78, 5) is 0. The molecule has 20 heavy (non-hydrogen) atoms. The highest BCUT2D eigenvalue weighted by molar-refractivity contribution is 5.46. The molecule has 1 aliphatic rings. The zero-order chi connectivity index (χ0) is 14.9. The molecular formula is C18H29NO. The molecule has 1 N–H and O–H groups in total. The van der Waals surface area contributed by atoms with Crippen molar-refractivity contribution >= 4 is 0 Å². The third kappa shape index (κ3) is 2.64. The smallest absolute Gasteiger partial charge is 0.0619 e. The molecule has 2 rings (SSSR count). The van der Waals surface area contributed by atoms with Gasteiger partial charge in [-0.05, 0) is 75.4 Å². The Labute approximate surface area is 123 Å². The van der Waals surface area contributed by atoms with Crippen molar-refractivity contribution in [2.24, 2.45) is 5.92 Å². The van der Waals surface area contributed by atoms with Crippen LogP contribution in [0, 0.1) is 33.6 Å². The van der Waals surface area contributed by atoms with Crippen molar-refractivity contribution in [1.82, 2.24) is 5.32 Å². The zero-order valence-electron chi connectivity index (χ0n) is 13.8. The molecule has 1 aromatic carbocycles. The van der Waals surface area contributed by atoms with Gasteiger partial charge in [0.2, 0.25) is 0 Å². The monoisotopic (exact) mass is 275 g/mol. The van der Waals surface area contributed by atoms with E-state index in [2.05, 4.69) is 53.0 Å². The van der Waals surface area contributed by atoms with Crippen LogP contribution in [0.1, 0.15) is 53.6 Å². The lowest BCUT2D eigenvalue weighted by Crippen LogP contribution is -2.32. The van der Waals surface area contributed by atoms with Crippen LogP contribution >= 0.6 is 0 Å². The SMILES string of the molecule is CCC1OCCC1C(NC)c1c(C)c(C)cc(C)c1C. The van der Waals surface area contributed by atoms with Gasteiger partial charge >= 0.3 is 0 Å². The van der Waals surface area contributed by atoms with Gasteiger partial charge in [-0.3, -0.25) is 0 Å². The quantitative estimate of drug-likeness (QED) is 0.897. The van der Waals surface area contributed by atoms with Crippen LogP contribution in [0.15, 0.2) is 6.07 Å². The zero-order valence-corrected chi connectivity index (χ0v) is 13.8. The minimum Gasteiger partial charge on any atom is -0.378 e. The predicted molar refractivity (Wildman–Crippen MR) is 85.3 cm³/mol. The van der Waals surface area contributed by atoms with Crippen molar-refractivity contribution in [3.05, 3.63) is 33.9 Å². The fraction of sp³-hybridized carbons (Fsp3) is 0.667. The van der Waals surface area contributed by atoms with Crippen LogP contribution in [-0.4, -0.2) is 19.8 Å². The molecule has 0 aliphatic carbocycles. The molecule has 0 spiro atoms. The third-order valence-electron chi connectivity index (χ3n) is 5.14. The Morgan fingerprint density at radius 3 is 2.30 bits per heavy atom. The molecule has 0 saturated carbocycles. The van der Waals surface area contributed by atoms with Crippen LogP contribution in [0.4, 0.5) is 0 Å². The molecule has 1 heterocycles. The molecule has 3 atom stereocenters. The van der Waals surface area contributed by atoms with Crippen molar-refractivity contribution in [3.63, 3.8) is 0 Å². The number of hydrogen-bond donors (Lipinski definition) is 1. The number of aryl methyl sites for hydroxylation is 2. The second-order valence-electron chi connectivity index (χ2n) is 6.21. The molecule has 0 bridgehead atoms. The molecule has 0 aromatic heterocycles. The minimum absolute atomic E-state index is 0.395. The van der Waals surface area contributed by atoms with Gasteiger partial charge in [0, 0.05) is 18.6 Å². The first-order valence-electron chi connectivity index (χ1n) is 7.87. The highest BCUT2D eigenvalue weighted by atomic mass is 16.5. The summed E-state index contributed by atoms with van der Waals surface area (Å²) in [6.07, 6.45) is 2.66. The molecule has 2 nitrogen and oxygen atoms in total. The van der Waals surface area contributed by atoms with Gasteiger partial charge < -0.3 is 10.1 Å². The van der Waals surface area contributed by atoms with E-state index in [0.29, 0.717) is 18.1 Å². The van der Waals surface area contributed by atoms with Crippen molar-refractivity contribution in [2.45, 2.75) is 59.6 Å². The van der Waals surface area contributed by atoms with Gasteiger partial charge in [0.1, 0.15) is 0 Å². The second-order valence-corrected chi connectivity index (χ2v) is 6.21. The van der Waals surface area contributed by atoms with Crippen LogP contribution < -0.4 is 5.32 Å². The molecule has 1 saturated heterocycles. The van der Waals surface area contributed by atoms with Gasteiger partial charge in [0.25, 0.3) is 0 Å². The van der Waals surface area contributed by atoms with Gasteiger partial charge in [0.15, 0.2) is 0 Å². The van der Waals surface area contributed by atoms with E-state index in [1.807, 2.05) is 0 Å². The van der Waals surface area contributed by atoms with Gasteiger partial charge in [-0.2, -0.15) is 0 Å². The number of nitrogens with one attached hydrogen (secondary N) is 1. The van der Waals surface area contributed by atoms with Crippen molar-refractivity contribution in [3.8, 4) is 0 Å². The summed E-state index contributed by atoms with van der Waals surface area (Å²) < 4.78 is 5.92. The van der Waals surface area contributed by atoms with Crippen LogP contribution in [0.3, 0.4) is 0 Å². The Morgan fingerprint density at radius 1 is 1.20 bits per heavy atom. The van der Waals surface area contributed by atoms with Crippen molar-refractivity contribution in [2.75, 3.05) is 13.7 Å². The Bertz CT molecular complexity index is 455. The molecule has 0 amide bonds. The molecule has 3 unspecified atom stereocenters. The molecule has 112 valence electrons. The number of hydrogen-bond acceptors (Lipinski definition) is 2. The van der Waals surface area contributed by atoms with Gasteiger partial charge in [-0.1, -0.05) is 13.0 Å². The van der Waals surface area contributed by atoms with E-state index in [0.717, 1.165) is 19.4 Å². The Kier molecular flexibility index (Phi) is 4.87. The van der Waals surface area contributed by atoms with E-state index in [-0.39, 0.29) is 0 Å². The molecule has 1 aromatic rings. The lowest BCUT2D eigenvalue weighted by molar-refractivity contribution is 0.0781. The number of benzene rings is 1. The maximum absolute atomic E-state index is 5.92. The standard InChI is InChI=1S/C18H29NO/c1-7-16-15(8-9-20-16)18(19-6)17-13(4)11(2)10-12(3)14(17)5/h10,15-16,18-19H,7-9H2,1-6H3. The van der Waals surface area contributed by atoms with E-state index in [9.17, 15) is 0 Å². The molecular weight excluding hydrogens is 246 g/mol. The summed E-state index contributed by atoms with van der Waals surface area (Å²) >= 11 is 0. The first kappa shape index (κ1) is 15.5. The summed E-state index contributed by atoms with van der Waals surface area (Å²) in [7, 11) is 2.09. The minimum atomic E-state index is 0.395. The normalized spacial score (nSPS) is 24.1. The van der Waals surface area contributed by atoms with E-state index in [1.165, 1.54) is 27.8 Å². The third-order valence-corrected chi connectivity index (χ3v) is 5.14. The van der Waals surface area contributed by atoms with Gasteiger partial charge in [-0.25, -0.2) is 0 Å². The molecule has 2 heteroatoms. The lowest BCUT2D eigenvalue weighted by Gasteiger charge is -2.31. The average molecular weight is 275 g/mol. The van der Waals surface area contributed by atoms with Gasteiger partial charge in [-0.15, -0.1) is 0 Å². The highest BCUT2D eigenvalue weighted by Gasteiger charge is 2.35. The largest absolute Gasteiger partial charge is 0.378 e. The Hall–Kier alpha value is -0.860. The fourth-order valence-electron chi connectivity index (χ4n) is 3.75. The second kappa shape index (κ2) is 6.28. The van der Waals surface area contributed by atoms with Crippen LogP contribution in [0.25, 0.3) is 0 Å². The predicted octanol–water partition coefficient (Wildman–Crippen LogP) is 4.00. The van der Waals surface area contributed by atoms with E-state index < -0.39 is 0 Å². The lowest BCUT2D eigenvalue weighted by atomic mass is 9.81. The van der Waals surface area contributed by atoms with Crippen LogP contribution in [0.5, 0.6) is 0 Å². The van der Waals surface area contributed by atoms with E-state index >= 15 is 0 Å². The van der Waals surface area contributed by atoms with Crippen molar-refractivity contribution < 1.29 is 4.74 Å².